The molecule has 2 aromatic carbocycles. The summed E-state index contributed by atoms with van der Waals surface area (Å²) < 4.78 is 41.2. The molecule has 4 heterocycles. The van der Waals surface area contributed by atoms with Crippen LogP contribution in [0.5, 0.6) is 0 Å². The minimum Gasteiger partial charge on any atom is -0.336 e. The van der Waals surface area contributed by atoms with Crippen molar-refractivity contribution in [1.82, 2.24) is 9.88 Å². The minimum absolute atomic E-state index is 0.197. The van der Waals surface area contributed by atoms with Gasteiger partial charge in [0.25, 0.3) is 17.6 Å². The van der Waals surface area contributed by atoms with Crippen molar-refractivity contribution in [2.75, 3.05) is 18.5 Å². The molecule has 1 fully saturated rings. The lowest BCUT2D eigenvalue weighted by Crippen LogP contribution is -2.35. The lowest BCUT2D eigenvalue weighted by atomic mass is 9.97. The topological polar surface area (TPSA) is 80.8 Å². The molecule has 1 N–H and O–H groups in total. The van der Waals surface area contributed by atoms with Gasteiger partial charge in [-0.1, -0.05) is 6.07 Å². The third-order valence-corrected chi connectivity index (χ3v) is 6.19. The van der Waals surface area contributed by atoms with E-state index in [1.165, 1.54) is 17.0 Å². The maximum atomic E-state index is 15.0. The molecule has 3 aliphatic heterocycles. The number of nitrogens with one attached hydrogen (secondary N) is 1. The van der Waals surface area contributed by atoms with E-state index in [0.717, 1.165) is 0 Å². The number of benzene rings is 2. The number of hydrogen-bond donors (Lipinski definition) is 1. The van der Waals surface area contributed by atoms with Gasteiger partial charge in [-0.2, -0.15) is 0 Å². The number of hydrogen-bond acceptors (Lipinski definition) is 5. The molecule has 3 aromatic rings. The molecule has 0 aliphatic carbocycles. The molecule has 166 valence electrons. The van der Waals surface area contributed by atoms with Crippen LogP contribution in [0.1, 0.15) is 27.2 Å². The average Bonchev–Trinajstić information content (AvgIpc) is 3.49. The molecule has 1 aromatic heterocycles. The van der Waals surface area contributed by atoms with E-state index in [1.54, 1.807) is 36.5 Å². The number of fused-ring (bicyclic) bond motifs is 3. The zero-order valence-electron chi connectivity index (χ0n) is 17.2. The molecule has 0 bridgehead atoms. The molecular formula is C24H17F2N3O4. The van der Waals surface area contributed by atoms with Gasteiger partial charge in [0, 0.05) is 17.3 Å². The molecule has 6 rings (SSSR count). The van der Waals surface area contributed by atoms with Gasteiger partial charge >= 0.3 is 0 Å². The summed E-state index contributed by atoms with van der Waals surface area (Å²) in [4.78, 5) is 30.5. The second kappa shape index (κ2) is 7.16. The summed E-state index contributed by atoms with van der Waals surface area (Å²) in [7, 11) is 0. The zero-order valence-corrected chi connectivity index (χ0v) is 17.2. The second-order valence-corrected chi connectivity index (χ2v) is 8.11. The normalized spacial score (nSPS) is 18.1. The zero-order chi connectivity index (χ0) is 22.7. The summed E-state index contributed by atoms with van der Waals surface area (Å²) in [6, 6.07) is 10.7. The number of carbonyl (C=O) groups is 2. The molecular weight excluding hydrogens is 432 g/mol. The Labute approximate surface area is 186 Å². The molecule has 3 aliphatic rings. The number of pyridine rings is 1. The van der Waals surface area contributed by atoms with Crippen LogP contribution in [0.15, 0.2) is 48.7 Å². The molecule has 0 atom stereocenters. The van der Waals surface area contributed by atoms with Crippen LogP contribution >= 0.6 is 0 Å². The Balaban J connectivity index is 1.32. The number of nitrogens with zero attached hydrogens (tertiary/aromatic N) is 2. The molecule has 1 spiro atoms. The summed E-state index contributed by atoms with van der Waals surface area (Å²) in [5.74, 6) is -3.79. The lowest BCUT2D eigenvalue weighted by Gasteiger charge is -2.20. The predicted molar refractivity (Wildman–Crippen MR) is 112 cm³/mol. The molecule has 33 heavy (non-hydrogen) atoms. The van der Waals surface area contributed by atoms with Crippen LogP contribution in [0.2, 0.25) is 0 Å². The fourth-order valence-corrected chi connectivity index (χ4v) is 4.55. The summed E-state index contributed by atoms with van der Waals surface area (Å²) in [6.07, 6.45) is 1.58. The van der Waals surface area contributed by atoms with E-state index in [1.807, 2.05) is 0 Å². The van der Waals surface area contributed by atoms with Crippen molar-refractivity contribution in [2.24, 2.45) is 0 Å². The van der Waals surface area contributed by atoms with Gasteiger partial charge in [-0.15, -0.1) is 0 Å². The Morgan fingerprint density at radius 1 is 1.03 bits per heavy atom. The summed E-state index contributed by atoms with van der Waals surface area (Å²) in [5.41, 5.74) is 2.64. The Hall–Kier alpha value is -3.69. The Morgan fingerprint density at radius 2 is 1.79 bits per heavy atom. The van der Waals surface area contributed by atoms with E-state index in [9.17, 15) is 9.59 Å². The van der Waals surface area contributed by atoms with Crippen molar-refractivity contribution in [3.63, 3.8) is 0 Å². The number of carbonyl (C=O) groups excluding carboxylic acids is 2. The van der Waals surface area contributed by atoms with E-state index in [4.69, 9.17) is 9.47 Å². The number of amides is 2. The van der Waals surface area contributed by atoms with Gasteiger partial charge in [0.1, 0.15) is 11.6 Å². The van der Waals surface area contributed by atoms with Crippen molar-refractivity contribution in [1.29, 1.82) is 0 Å². The number of aromatic nitrogens is 1. The number of anilines is 1. The minimum atomic E-state index is -1.53. The van der Waals surface area contributed by atoms with Crippen LogP contribution in [0.4, 0.5) is 14.5 Å². The molecule has 1 saturated heterocycles. The van der Waals surface area contributed by atoms with Gasteiger partial charge in [0.2, 0.25) is 0 Å². The fourth-order valence-electron chi connectivity index (χ4n) is 4.55. The smallest absolute Gasteiger partial charge is 0.289 e. The predicted octanol–water partition coefficient (Wildman–Crippen LogP) is 3.33. The highest BCUT2D eigenvalue weighted by Crippen LogP contribution is 2.44. The molecule has 0 unspecified atom stereocenters. The van der Waals surface area contributed by atoms with Gasteiger partial charge in [0.15, 0.2) is 0 Å². The van der Waals surface area contributed by atoms with Gasteiger partial charge in [-0.25, -0.2) is 8.78 Å². The third-order valence-electron chi connectivity index (χ3n) is 6.19. The Morgan fingerprint density at radius 3 is 2.52 bits per heavy atom. The van der Waals surface area contributed by atoms with Crippen LogP contribution in [-0.4, -0.2) is 34.9 Å². The summed E-state index contributed by atoms with van der Waals surface area (Å²) in [5, 5.41) is 2.71. The maximum absolute atomic E-state index is 15.0. The first-order chi connectivity index (χ1) is 16.0. The Kier molecular flexibility index (Phi) is 4.33. The third kappa shape index (κ3) is 2.96. The van der Waals surface area contributed by atoms with Gasteiger partial charge in [-0.3, -0.25) is 14.6 Å². The molecule has 2 amide bonds. The molecule has 0 saturated carbocycles. The highest BCUT2D eigenvalue weighted by atomic mass is 19.1. The van der Waals surface area contributed by atoms with Gasteiger partial charge in [-0.05, 0) is 47.5 Å². The van der Waals surface area contributed by atoms with Gasteiger partial charge < -0.3 is 19.7 Å². The highest BCUT2D eigenvalue weighted by Gasteiger charge is 2.52. The van der Waals surface area contributed by atoms with E-state index in [-0.39, 0.29) is 37.8 Å². The van der Waals surface area contributed by atoms with Crippen molar-refractivity contribution < 1.29 is 27.8 Å². The average molecular weight is 449 g/mol. The summed E-state index contributed by atoms with van der Waals surface area (Å²) >= 11 is 0. The largest absolute Gasteiger partial charge is 0.336 e. The number of rotatable bonds is 3. The standard InChI is InChI=1S/C24H17F2N3O4/c25-18-9-14(13-3-4-20-17(8-13)24(23(31)28-20)32-6-7-33-24)10-19(26)16(18)11-29-12-21-15(22(29)30)2-1-5-27-21/h1-5,8-10H,6-7,11-12H2,(H,28,31). The van der Waals surface area contributed by atoms with Crippen molar-refractivity contribution in [3.05, 3.63) is 82.7 Å². The van der Waals surface area contributed by atoms with E-state index in [2.05, 4.69) is 10.3 Å². The Bertz CT molecular complexity index is 1310. The van der Waals surface area contributed by atoms with Crippen LogP contribution in [0.25, 0.3) is 11.1 Å². The highest BCUT2D eigenvalue weighted by molar-refractivity contribution is 6.04. The van der Waals surface area contributed by atoms with Gasteiger partial charge in [0.05, 0.1) is 43.2 Å². The lowest BCUT2D eigenvalue weighted by molar-refractivity contribution is -0.178. The van der Waals surface area contributed by atoms with E-state index in [0.29, 0.717) is 33.6 Å². The molecule has 7 nitrogen and oxygen atoms in total. The number of ether oxygens (including phenoxy) is 2. The molecule has 0 radical (unpaired) electrons. The van der Waals surface area contributed by atoms with Crippen LogP contribution in [-0.2, 0) is 33.1 Å². The van der Waals surface area contributed by atoms with Crippen LogP contribution in [0.3, 0.4) is 0 Å². The molecule has 9 heteroatoms. The first kappa shape index (κ1) is 20.0. The number of halogens is 2. The van der Waals surface area contributed by atoms with E-state index >= 15 is 8.78 Å². The first-order valence-electron chi connectivity index (χ1n) is 10.4. The van der Waals surface area contributed by atoms with E-state index < -0.39 is 23.3 Å². The monoisotopic (exact) mass is 449 g/mol. The van der Waals surface area contributed by atoms with Crippen molar-refractivity contribution in [2.45, 2.75) is 18.9 Å². The van der Waals surface area contributed by atoms with Crippen LogP contribution < -0.4 is 5.32 Å². The maximum Gasteiger partial charge on any atom is 0.289 e. The second-order valence-electron chi connectivity index (χ2n) is 8.11. The first-order valence-corrected chi connectivity index (χ1v) is 10.4. The SMILES string of the molecule is O=C1c2cccnc2CN1Cc1c(F)cc(-c2ccc3c(c2)C2(OCCO2)C(=O)N3)cc1F. The fraction of sp³-hybridized carbons (Fsp3) is 0.208. The van der Waals surface area contributed by atoms with Crippen LogP contribution in [0, 0.1) is 11.6 Å². The quantitative estimate of drug-likeness (QED) is 0.664. The van der Waals surface area contributed by atoms with Crippen molar-refractivity contribution >= 4 is 17.5 Å². The summed E-state index contributed by atoms with van der Waals surface area (Å²) in [6.45, 7) is 0.525. The van der Waals surface area contributed by atoms with Crippen molar-refractivity contribution in [3.8, 4) is 11.1 Å².